The second kappa shape index (κ2) is 6.50. The molecular weight excluding hydrogens is 180 g/mol. The van der Waals surface area contributed by atoms with E-state index in [2.05, 4.69) is 34.5 Å². The van der Waals surface area contributed by atoms with Crippen molar-refractivity contribution in [2.24, 2.45) is 0 Å². The normalized spacial score (nSPS) is 11.1. The summed E-state index contributed by atoms with van der Waals surface area (Å²) >= 11 is 0. The molecule has 0 saturated carbocycles. The topological polar surface area (TPSA) is 54.2 Å². The van der Waals surface area contributed by atoms with Crippen molar-refractivity contribution in [3.8, 4) is 0 Å². The molecular formula is C9H18N4O. The van der Waals surface area contributed by atoms with Crippen LogP contribution in [-0.4, -0.2) is 48.8 Å². The lowest BCUT2D eigenvalue weighted by molar-refractivity contribution is 0.371. The van der Waals surface area contributed by atoms with Gasteiger partial charge < -0.3 is 14.7 Å². The summed E-state index contributed by atoms with van der Waals surface area (Å²) < 4.78 is 4.87. The van der Waals surface area contributed by atoms with E-state index in [1.165, 1.54) is 6.33 Å². The zero-order chi connectivity index (χ0) is 10.2. The maximum Gasteiger partial charge on any atom is 0.227 e. The maximum atomic E-state index is 4.87. The zero-order valence-electron chi connectivity index (χ0n) is 8.86. The van der Waals surface area contributed by atoms with Crippen molar-refractivity contribution in [2.45, 2.75) is 12.8 Å². The van der Waals surface area contributed by atoms with Crippen LogP contribution in [0.15, 0.2) is 10.9 Å². The van der Waals surface area contributed by atoms with E-state index in [1.807, 2.05) is 0 Å². The fourth-order valence-corrected chi connectivity index (χ4v) is 1.15. The predicted molar refractivity (Wildman–Crippen MR) is 54.0 cm³/mol. The van der Waals surface area contributed by atoms with Crippen molar-refractivity contribution in [2.75, 3.05) is 33.7 Å². The van der Waals surface area contributed by atoms with Crippen LogP contribution in [0.3, 0.4) is 0 Å². The van der Waals surface area contributed by atoms with Gasteiger partial charge in [0.25, 0.3) is 0 Å². The molecule has 0 spiro atoms. The number of hydrogen-bond donors (Lipinski definition) is 1. The SMILES string of the molecule is CN(C)CCCNCCc1ncno1. The van der Waals surface area contributed by atoms with Gasteiger partial charge in [0.2, 0.25) is 5.89 Å². The van der Waals surface area contributed by atoms with E-state index in [0.29, 0.717) is 5.89 Å². The van der Waals surface area contributed by atoms with Crippen LogP contribution < -0.4 is 5.32 Å². The Bertz CT molecular complexity index is 223. The Kier molecular flexibility index (Phi) is 5.17. The zero-order valence-corrected chi connectivity index (χ0v) is 8.86. The summed E-state index contributed by atoms with van der Waals surface area (Å²) in [5.74, 6) is 0.699. The van der Waals surface area contributed by atoms with Crippen molar-refractivity contribution >= 4 is 0 Å². The minimum atomic E-state index is 0.699. The first-order valence-corrected chi connectivity index (χ1v) is 4.90. The maximum absolute atomic E-state index is 4.87. The van der Waals surface area contributed by atoms with Crippen LogP contribution in [0, 0.1) is 0 Å². The summed E-state index contributed by atoms with van der Waals surface area (Å²) in [7, 11) is 4.16. The van der Waals surface area contributed by atoms with Crippen LogP contribution in [0.4, 0.5) is 0 Å². The summed E-state index contributed by atoms with van der Waals surface area (Å²) in [6.07, 6.45) is 3.40. The number of hydrogen-bond acceptors (Lipinski definition) is 5. The lowest BCUT2D eigenvalue weighted by Crippen LogP contribution is -2.23. The molecule has 0 atom stereocenters. The molecule has 1 N–H and O–H groups in total. The molecule has 1 aromatic heterocycles. The van der Waals surface area contributed by atoms with Crippen molar-refractivity contribution in [3.63, 3.8) is 0 Å². The predicted octanol–water partition coefficient (Wildman–Crippen LogP) is 0.153. The number of nitrogens with zero attached hydrogens (tertiary/aromatic N) is 3. The van der Waals surface area contributed by atoms with Crippen LogP contribution in [0.5, 0.6) is 0 Å². The molecule has 1 rings (SSSR count). The highest BCUT2D eigenvalue weighted by atomic mass is 16.5. The van der Waals surface area contributed by atoms with Gasteiger partial charge in [-0.3, -0.25) is 0 Å². The minimum absolute atomic E-state index is 0.699. The van der Waals surface area contributed by atoms with E-state index >= 15 is 0 Å². The van der Waals surface area contributed by atoms with Gasteiger partial charge in [0.1, 0.15) is 0 Å². The van der Waals surface area contributed by atoms with E-state index in [9.17, 15) is 0 Å². The average molecular weight is 198 g/mol. The van der Waals surface area contributed by atoms with Crippen molar-refractivity contribution < 1.29 is 4.52 Å². The Hall–Kier alpha value is -0.940. The number of aromatic nitrogens is 2. The fourth-order valence-electron chi connectivity index (χ4n) is 1.15. The molecule has 1 aromatic rings. The van der Waals surface area contributed by atoms with E-state index < -0.39 is 0 Å². The third kappa shape index (κ3) is 4.94. The highest BCUT2D eigenvalue weighted by Gasteiger charge is 1.97. The van der Waals surface area contributed by atoms with E-state index in [0.717, 1.165) is 32.5 Å². The summed E-state index contributed by atoms with van der Waals surface area (Å²) in [5, 5.41) is 6.86. The molecule has 0 aliphatic rings. The third-order valence-electron chi connectivity index (χ3n) is 1.88. The lowest BCUT2D eigenvalue weighted by atomic mass is 10.3. The first-order chi connectivity index (χ1) is 6.79. The van der Waals surface area contributed by atoms with Gasteiger partial charge in [-0.1, -0.05) is 5.16 Å². The summed E-state index contributed by atoms with van der Waals surface area (Å²) in [5.41, 5.74) is 0. The molecule has 0 radical (unpaired) electrons. The molecule has 5 heteroatoms. The van der Waals surface area contributed by atoms with Crippen molar-refractivity contribution in [3.05, 3.63) is 12.2 Å². The first-order valence-electron chi connectivity index (χ1n) is 4.90. The van der Waals surface area contributed by atoms with Crippen LogP contribution >= 0.6 is 0 Å². The number of rotatable bonds is 7. The Labute approximate surface area is 84.5 Å². The molecule has 80 valence electrons. The third-order valence-corrected chi connectivity index (χ3v) is 1.88. The second-order valence-electron chi connectivity index (χ2n) is 3.49. The largest absolute Gasteiger partial charge is 0.340 e. The molecule has 0 bridgehead atoms. The van der Waals surface area contributed by atoms with Gasteiger partial charge in [-0.15, -0.1) is 0 Å². The molecule has 0 fully saturated rings. The van der Waals surface area contributed by atoms with E-state index in [4.69, 9.17) is 4.52 Å². The molecule has 5 nitrogen and oxygen atoms in total. The standard InChI is InChI=1S/C9H18N4O/c1-13(2)7-3-5-10-6-4-9-11-8-12-14-9/h8,10H,3-7H2,1-2H3. The summed E-state index contributed by atoms with van der Waals surface area (Å²) in [6.45, 7) is 3.05. The molecule has 0 aliphatic heterocycles. The van der Waals surface area contributed by atoms with Gasteiger partial charge in [0.05, 0.1) is 0 Å². The summed E-state index contributed by atoms with van der Waals surface area (Å²) in [4.78, 5) is 6.12. The molecule has 0 aromatic carbocycles. The average Bonchev–Trinajstić information content (AvgIpc) is 2.63. The Morgan fingerprint density at radius 2 is 2.29 bits per heavy atom. The summed E-state index contributed by atoms with van der Waals surface area (Å²) in [6, 6.07) is 0. The van der Waals surface area contributed by atoms with Crippen LogP contribution in [-0.2, 0) is 6.42 Å². The molecule has 1 heterocycles. The van der Waals surface area contributed by atoms with Crippen LogP contribution in [0.1, 0.15) is 12.3 Å². The van der Waals surface area contributed by atoms with Gasteiger partial charge >= 0.3 is 0 Å². The van der Waals surface area contributed by atoms with Crippen LogP contribution in [0.25, 0.3) is 0 Å². The van der Waals surface area contributed by atoms with Crippen molar-refractivity contribution in [1.82, 2.24) is 20.4 Å². The second-order valence-corrected chi connectivity index (χ2v) is 3.49. The first kappa shape index (κ1) is 11.1. The van der Waals surface area contributed by atoms with Crippen molar-refractivity contribution in [1.29, 1.82) is 0 Å². The Morgan fingerprint density at radius 3 is 2.93 bits per heavy atom. The van der Waals surface area contributed by atoms with E-state index in [1.54, 1.807) is 0 Å². The lowest BCUT2D eigenvalue weighted by Gasteiger charge is -2.08. The van der Waals surface area contributed by atoms with Gasteiger partial charge in [-0.25, -0.2) is 0 Å². The fraction of sp³-hybridized carbons (Fsp3) is 0.778. The smallest absolute Gasteiger partial charge is 0.227 e. The van der Waals surface area contributed by atoms with E-state index in [-0.39, 0.29) is 0 Å². The van der Waals surface area contributed by atoms with Gasteiger partial charge in [0, 0.05) is 13.0 Å². The number of nitrogens with one attached hydrogen (secondary N) is 1. The quantitative estimate of drug-likeness (QED) is 0.632. The monoisotopic (exact) mass is 198 g/mol. The Morgan fingerprint density at radius 1 is 1.43 bits per heavy atom. The molecule has 0 saturated heterocycles. The van der Waals surface area contributed by atoms with Gasteiger partial charge in [0.15, 0.2) is 6.33 Å². The highest BCUT2D eigenvalue weighted by molar-refractivity contribution is 4.74. The minimum Gasteiger partial charge on any atom is -0.340 e. The highest BCUT2D eigenvalue weighted by Crippen LogP contribution is 1.90. The molecule has 0 unspecified atom stereocenters. The van der Waals surface area contributed by atoms with Gasteiger partial charge in [-0.05, 0) is 33.6 Å². The molecule has 0 aliphatic carbocycles. The molecule has 14 heavy (non-hydrogen) atoms. The van der Waals surface area contributed by atoms with Crippen LogP contribution in [0.2, 0.25) is 0 Å². The Balaban J connectivity index is 1.90. The van der Waals surface area contributed by atoms with Gasteiger partial charge in [-0.2, -0.15) is 4.98 Å². The molecule has 0 amide bonds.